The first kappa shape index (κ1) is 19.2. The molecule has 0 unspecified atom stereocenters. The largest absolute Gasteiger partial charge is 0.497 e. The van der Waals surface area contributed by atoms with Crippen molar-refractivity contribution in [2.75, 3.05) is 39.6 Å². The summed E-state index contributed by atoms with van der Waals surface area (Å²) in [5.74, 6) is 0.674. The Hall–Kier alpha value is -2.57. The van der Waals surface area contributed by atoms with Crippen LogP contribution in [0.1, 0.15) is 6.42 Å². The molecule has 4 rings (SSSR count). The number of hydrogen-bond donors (Lipinski definition) is 1. The standard InChI is InChI=1S/C20H22N4O2.ClH/c1-23(2)10-4-9-21-15-6-7-16-19-18(15)20(25)14-11-13(26-3)5-8-17(14)24(19)12-22-16;/h5-8,11-12,21H,4,9-10H2,1-3H3;1H. The molecule has 0 atom stereocenters. The van der Waals surface area contributed by atoms with Gasteiger partial charge in [0.2, 0.25) is 0 Å². The quantitative estimate of drug-likeness (QED) is 0.407. The van der Waals surface area contributed by atoms with Crippen LogP contribution in [0.2, 0.25) is 0 Å². The van der Waals surface area contributed by atoms with Crippen LogP contribution in [0.5, 0.6) is 5.75 Å². The lowest BCUT2D eigenvalue weighted by Crippen LogP contribution is -2.17. The van der Waals surface area contributed by atoms with E-state index in [4.69, 9.17) is 4.74 Å². The molecule has 0 spiro atoms. The van der Waals surface area contributed by atoms with Crippen LogP contribution in [0, 0.1) is 0 Å². The van der Waals surface area contributed by atoms with E-state index in [1.54, 1.807) is 19.5 Å². The number of fused-ring (bicyclic) bond motifs is 2. The summed E-state index contributed by atoms with van der Waals surface area (Å²) in [6.45, 7) is 1.81. The second kappa shape index (κ2) is 7.58. The van der Waals surface area contributed by atoms with Crippen molar-refractivity contribution in [3.63, 3.8) is 0 Å². The van der Waals surface area contributed by atoms with Crippen LogP contribution in [0.3, 0.4) is 0 Å². The van der Waals surface area contributed by atoms with E-state index in [0.717, 1.165) is 41.7 Å². The van der Waals surface area contributed by atoms with Crippen molar-refractivity contribution in [2.45, 2.75) is 6.42 Å². The van der Waals surface area contributed by atoms with Crippen molar-refractivity contribution in [3.05, 3.63) is 46.9 Å². The molecule has 7 heteroatoms. The van der Waals surface area contributed by atoms with Crippen molar-refractivity contribution < 1.29 is 4.74 Å². The molecule has 2 heterocycles. The zero-order valence-corrected chi connectivity index (χ0v) is 16.5. The molecule has 1 N–H and O–H groups in total. The maximum atomic E-state index is 13.3. The lowest BCUT2D eigenvalue weighted by molar-refractivity contribution is 0.405. The fourth-order valence-electron chi connectivity index (χ4n) is 3.45. The van der Waals surface area contributed by atoms with E-state index >= 15 is 0 Å². The summed E-state index contributed by atoms with van der Waals surface area (Å²) in [7, 11) is 5.72. The number of halogens is 1. The van der Waals surface area contributed by atoms with Gasteiger partial charge >= 0.3 is 0 Å². The van der Waals surface area contributed by atoms with E-state index < -0.39 is 0 Å². The van der Waals surface area contributed by atoms with Crippen molar-refractivity contribution in [3.8, 4) is 5.75 Å². The molecule has 6 nitrogen and oxygen atoms in total. The van der Waals surface area contributed by atoms with E-state index in [1.807, 2.05) is 28.7 Å². The number of anilines is 1. The third-order valence-electron chi connectivity index (χ3n) is 4.74. The number of methoxy groups -OCH3 is 1. The van der Waals surface area contributed by atoms with Crippen molar-refractivity contribution in [1.82, 2.24) is 14.3 Å². The fraction of sp³-hybridized carbons (Fsp3) is 0.300. The van der Waals surface area contributed by atoms with E-state index in [1.165, 1.54) is 0 Å². The van der Waals surface area contributed by atoms with Gasteiger partial charge in [-0.15, -0.1) is 12.4 Å². The van der Waals surface area contributed by atoms with Crippen molar-refractivity contribution in [2.24, 2.45) is 0 Å². The molecule has 2 aromatic carbocycles. The number of imidazole rings is 1. The van der Waals surface area contributed by atoms with Gasteiger partial charge in [0.05, 0.1) is 34.4 Å². The van der Waals surface area contributed by atoms with Gasteiger partial charge in [-0.1, -0.05) is 0 Å². The smallest absolute Gasteiger partial charge is 0.199 e. The topological polar surface area (TPSA) is 58.9 Å². The first-order chi connectivity index (χ1) is 12.6. The highest BCUT2D eigenvalue weighted by Gasteiger charge is 2.16. The lowest BCUT2D eigenvalue weighted by Gasteiger charge is -2.13. The average Bonchev–Trinajstić information content (AvgIpc) is 3.07. The molecule has 0 amide bonds. The van der Waals surface area contributed by atoms with Crippen LogP contribution in [0.4, 0.5) is 5.69 Å². The number of aromatic nitrogens is 2. The van der Waals surface area contributed by atoms with Gasteiger partial charge < -0.3 is 15.0 Å². The highest BCUT2D eigenvalue weighted by atomic mass is 35.5. The van der Waals surface area contributed by atoms with E-state index in [2.05, 4.69) is 29.3 Å². The molecule has 0 saturated carbocycles. The molecule has 0 fully saturated rings. The van der Waals surface area contributed by atoms with Crippen LogP contribution >= 0.6 is 12.4 Å². The molecular formula is C20H23ClN4O2. The third kappa shape index (κ3) is 3.26. The Kier molecular flexibility index (Phi) is 5.39. The third-order valence-corrected chi connectivity index (χ3v) is 4.74. The first-order valence-corrected chi connectivity index (χ1v) is 8.72. The number of nitrogens with one attached hydrogen (secondary N) is 1. The summed E-state index contributed by atoms with van der Waals surface area (Å²) in [5.41, 5.74) is 3.40. The minimum Gasteiger partial charge on any atom is -0.497 e. The monoisotopic (exact) mass is 386 g/mol. The van der Waals surface area contributed by atoms with Crippen molar-refractivity contribution >= 4 is 45.4 Å². The molecule has 0 aliphatic heterocycles. The van der Waals surface area contributed by atoms with Gasteiger partial charge in [0, 0.05) is 12.2 Å². The Bertz CT molecular complexity index is 1140. The fourth-order valence-corrected chi connectivity index (χ4v) is 3.45. The first-order valence-electron chi connectivity index (χ1n) is 8.72. The van der Waals surface area contributed by atoms with E-state index in [9.17, 15) is 4.79 Å². The number of ether oxygens (including phenoxy) is 1. The van der Waals surface area contributed by atoms with Crippen molar-refractivity contribution in [1.29, 1.82) is 0 Å². The van der Waals surface area contributed by atoms with Crippen LogP contribution < -0.4 is 15.5 Å². The Morgan fingerprint density at radius 1 is 1.22 bits per heavy atom. The second-order valence-corrected chi connectivity index (χ2v) is 6.77. The highest BCUT2D eigenvalue weighted by molar-refractivity contribution is 6.07. The number of pyridine rings is 1. The normalized spacial score (nSPS) is 11.4. The molecule has 0 bridgehead atoms. The summed E-state index contributed by atoms with van der Waals surface area (Å²) in [6.07, 6.45) is 2.78. The predicted octanol–water partition coefficient (Wildman–Crippen LogP) is 3.23. The molecule has 0 saturated heterocycles. The van der Waals surface area contributed by atoms with Gasteiger partial charge in [-0.05, 0) is 57.4 Å². The molecular weight excluding hydrogens is 364 g/mol. The summed E-state index contributed by atoms with van der Waals surface area (Å²) in [6, 6.07) is 9.49. The number of benzene rings is 2. The van der Waals surface area contributed by atoms with Gasteiger partial charge in [-0.2, -0.15) is 0 Å². The molecule has 4 aromatic rings. The molecule has 0 aliphatic carbocycles. The predicted molar refractivity (Wildman–Crippen MR) is 113 cm³/mol. The average molecular weight is 387 g/mol. The second-order valence-electron chi connectivity index (χ2n) is 6.77. The Morgan fingerprint density at radius 3 is 2.78 bits per heavy atom. The van der Waals surface area contributed by atoms with Gasteiger partial charge in [0.1, 0.15) is 12.1 Å². The molecule has 0 aliphatic rings. The van der Waals surface area contributed by atoms with Crippen LogP contribution in [0.25, 0.3) is 27.3 Å². The molecule has 142 valence electrons. The SMILES string of the molecule is COc1ccc2c(c1)c(=O)c1c(NCCCN(C)C)ccc3ncn2c31.Cl. The van der Waals surface area contributed by atoms with Gasteiger partial charge in [0.15, 0.2) is 5.43 Å². The Morgan fingerprint density at radius 2 is 2.04 bits per heavy atom. The zero-order valence-electron chi connectivity index (χ0n) is 15.7. The van der Waals surface area contributed by atoms with E-state index in [-0.39, 0.29) is 17.8 Å². The molecule has 2 aromatic heterocycles. The minimum atomic E-state index is 0. The van der Waals surface area contributed by atoms with Gasteiger partial charge in [-0.25, -0.2) is 4.98 Å². The van der Waals surface area contributed by atoms with Crippen LogP contribution in [-0.2, 0) is 0 Å². The van der Waals surface area contributed by atoms with Crippen LogP contribution in [-0.4, -0.2) is 48.6 Å². The highest BCUT2D eigenvalue weighted by Crippen LogP contribution is 2.29. The Balaban J connectivity index is 0.00000210. The summed E-state index contributed by atoms with van der Waals surface area (Å²) >= 11 is 0. The zero-order chi connectivity index (χ0) is 18.3. The summed E-state index contributed by atoms with van der Waals surface area (Å²) < 4.78 is 7.30. The van der Waals surface area contributed by atoms with Gasteiger partial charge in [-0.3, -0.25) is 9.20 Å². The maximum absolute atomic E-state index is 13.3. The lowest BCUT2D eigenvalue weighted by atomic mass is 10.1. The number of rotatable bonds is 6. The number of nitrogens with zero attached hydrogens (tertiary/aromatic N) is 3. The molecule has 0 radical (unpaired) electrons. The van der Waals surface area contributed by atoms with Crippen LogP contribution in [0.15, 0.2) is 41.5 Å². The number of hydrogen-bond acceptors (Lipinski definition) is 5. The molecule has 27 heavy (non-hydrogen) atoms. The Labute approximate surface area is 163 Å². The van der Waals surface area contributed by atoms with Gasteiger partial charge in [0.25, 0.3) is 0 Å². The maximum Gasteiger partial charge on any atom is 0.199 e. The summed E-state index contributed by atoms with van der Waals surface area (Å²) in [5, 5.41) is 4.76. The summed E-state index contributed by atoms with van der Waals surface area (Å²) in [4.78, 5) is 19.9. The van der Waals surface area contributed by atoms with E-state index in [0.29, 0.717) is 16.5 Å². The minimum absolute atomic E-state index is 0.